The van der Waals surface area contributed by atoms with Crippen LogP contribution in [0.15, 0.2) is 36.4 Å². The van der Waals surface area contributed by atoms with Gasteiger partial charge in [0.25, 0.3) is 0 Å². The van der Waals surface area contributed by atoms with Crippen LogP contribution in [0, 0.1) is 6.92 Å². The standard InChI is InChI=1S/C24H25NO5/c1-5-30-24(27)22-21(15-6-8-17(26)9-7-15)14(2)25-11-10-16-12-19(28-3)20(29-4)13-18(16)23(22)25/h6-9,12-13,26H,5,10-11H2,1-4H3. The first-order valence-electron chi connectivity index (χ1n) is 9.95. The van der Waals surface area contributed by atoms with Gasteiger partial charge in [0.15, 0.2) is 11.5 Å². The third-order valence-electron chi connectivity index (χ3n) is 5.63. The number of nitrogens with zero attached hydrogens (tertiary/aromatic N) is 1. The molecule has 3 aromatic rings. The van der Waals surface area contributed by atoms with E-state index >= 15 is 0 Å². The molecule has 30 heavy (non-hydrogen) atoms. The molecule has 6 heteroatoms. The molecule has 1 aliphatic heterocycles. The first-order valence-corrected chi connectivity index (χ1v) is 9.95. The predicted molar refractivity (Wildman–Crippen MR) is 114 cm³/mol. The van der Waals surface area contributed by atoms with Gasteiger partial charge in [-0.3, -0.25) is 0 Å². The number of rotatable bonds is 5. The Balaban J connectivity index is 2.03. The fourth-order valence-electron chi connectivity index (χ4n) is 4.26. The highest BCUT2D eigenvalue weighted by molar-refractivity contribution is 6.05. The molecule has 0 amide bonds. The second-order valence-electron chi connectivity index (χ2n) is 7.22. The van der Waals surface area contributed by atoms with Gasteiger partial charge < -0.3 is 23.9 Å². The molecule has 1 aromatic heterocycles. The number of aromatic hydroxyl groups is 1. The van der Waals surface area contributed by atoms with Crippen LogP contribution in [0.2, 0.25) is 0 Å². The lowest BCUT2D eigenvalue weighted by atomic mass is 9.93. The maximum Gasteiger partial charge on any atom is 0.340 e. The molecule has 1 N–H and O–H groups in total. The van der Waals surface area contributed by atoms with Crippen LogP contribution in [0.4, 0.5) is 0 Å². The van der Waals surface area contributed by atoms with E-state index in [-0.39, 0.29) is 18.3 Å². The van der Waals surface area contributed by atoms with E-state index < -0.39 is 0 Å². The average Bonchev–Trinajstić information content (AvgIpc) is 3.06. The van der Waals surface area contributed by atoms with Crippen LogP contribution in [-0.4, -0.2) is 36.5 Å². The van der Waals surface area contributed by atoms with Crippen molar-refractivity contribution in [2.75, 3.05) is 20.8 Å². The Hall–Kier alpha value is -3.41. The molecule has 0 saturated heterocycles. The largest absolute Gasteiger partial charge is 0.508 e. The van der Waals surface area contributed by atoms with Gasteiger partial charge in [0.05, 0.1) is 32.1 Å². The van der Waals surface area contributed by atoms with E-state index in [2.05, 4.69) is 4.57 Å². The number of carbonyl (C=O) groups is 1. The maximum atomic E-state index is 13.1. The Morgan fingerprint density at radius 1 is 1.10 bits per heavy atom. The van der Waals surface area contributed by atoms with E-state index in [1.54, 1.807) is 33.3 Å². The van der Waals surface area contributed by atoms with Gasteiger partial charge in [-0.05, 0) is 55.7 Å². The molecule has 2 aromatic carbocycles. The first-order chi connectivity index (χ1) is 14.5. The van der Waals surface area contributed by atoms with Crippen molar-refractivity contribution in [2.45, 2.75) is 26.8 Å². The van der Waals surface area contributed by atoms with Crippen LogP contribution in [-0.2, 0) is 17.7 Å². The van der Waals surface area contributed by atoms with Crippen molar-refractivity contribution in [2.24, 2.45) is 0 Å². The minimum absolute atomic E-state index is 0.181. The fraction of sp³-hybridized carbons (Fsp3) is 0.292. The number of phenolic OH excluding ortho intramolecular Hbond substituents is 1. The van der Waals surface area contributed by atoms with Crippen LogP contribution >= 0.6 is 0 Å². The summed E-state index contributed by atoms with van der Waals surface area (Å²) in [5, 5.41) is 9.71. The van der Waals surface area contributed by atoms with Crippen LogP contribution in [0.3, 0.4) is 0 Å². The number of benzene rings is 2. The van der Waals surface area contributed by atoms with Crippen molar-refractivity contribution in [3.8, 4) is 39.6 Å². The number of aromatic nitrogens is 1. The van der Waals surface area contributed by atoms with Gasteiger partial charge in [0.1, 0.15) is 5.75 Å². The van der Waals surface area contributed by atoms with Crippen molar-refractivity contribution >= 4 is 5.97 Å². The fourth-order valence-corrected chi connectivity index (χ4v) is 4.26. The maximum absolute atomic E-state index is 13.1. The molecule has 6 nitrogen and oxygen atoms in total. The number of carbonyl (C=O) groups excluding carboxylic acids is 1. The predicted octanol–water partition coefficient (Wildman–Crippen LogP) is 4.59. The number of aryl methyl sites for hydroxylation is 1. The highest BCUT2D eigenvalue weighted by atomic mass is 16.5. The lowest BCUT2D eigenvalue weighted by Gasteiger charge is -2.23. The van der Waals surface area contributed by atoms with Crippen molar-refractivity contribution in [1.29, 1.82) is 0 Å². The SMILES string of the molecule is CCOC(=O)c1c(-c2ccc(O)cc2)c(C)n2c1-c1cc(OC)c(OC)cc1CC2. The van der Waals surface area contributed by atoms with Crippen molar-refractivity contribution in [3.63, 3.8) is 0 Å². The Labute approximate surface area is 175 Å². The molecular formula is C24H25NO5. The Kier molecular flexibility index (Phi) is 5.16. The molecule has 0 unspecified atom stereocenters. The molecule has 4 rings (SSSR count). The van der Waals surface area contributed by atoms with E-state index in [4.69, 9.17) is 14.2 Å². The first kappa shape index (κ1) is 19.9. The summed E-state index contributed by atoms with van der Waals surface area (Å²) < 4.78 is 18.6. The van der Waals surface area contributed by atoms with Crippen molar-refractivity contribution in [3.05, 3.63) is 53.2 Å². The number of hydrogen-bond donors (Lipinski definition) is 1. The Morgan fingerprint density at radius 2 is 1.77 bits per heavy atom. The summed E-state index contributed by atoms with van der Waals surface area (Å²) in [7, 11) is 3.22. The second-order valence-corrected chi connectivity index (χ2v) is 7.22. The Bertz CT molecular complexity index is 1110. The highest BCUT2D eigenvalue weighted by Gasteiger charge is 2.32. The van der Waals surface area contributed by atoms with E-state index in [9.17, 15) is 9.90 Å². The summed E-state index contributed by atoms with van der Waals surface area (Å²) in [5.41, 5.74) is 6.07. The highest BCUT2D eigenvalue weighted by Crippen LogP contribution is 2.45. The molecular weight excluding hydrogens is 382 g/mol. The van der Waals surface area contributed by atoms with Gasteiger partial charge in [-0.15, -0.1) is 0 Å². The number of fused-ring (bicyclic) bond motifs is 3. The summed E-state index contributed by atoms with van der Waals surface area (Å²) in [6.07, 6.45) is 0.815. The third-order valence-corrected chi connectivity index (χ3v) is 5.63. The Morgan fingerprint density at radius 3 is 2.40 bits per heavy atom. The molecule has 0 radical (unpaired) electrons. The number of methoxy groups -OCH3 is 2. The summed E-state index contributed by atoms with van der Waals surface area (Å²) >= 11 is 0. The number of ether oxygens (including phenoxy) is 3. The van der Waals surface area contributed by atoms with Crippen LogP contribution in [0.1, 0.15) is 28.5 Å². The second kappa shape index (κ2) is 7.78. The molecule has 0 saturated carbocycles. The van der Waals surface area contributed by atoms with Gasteiger partial charge in [0.2, 0.25) is 0 Å². The summed E-state index contributed by atoms with van der Waals surface area (Å²) in [6.45, 7) is 4.85. The molecule has 2 heterocycles. The molecule has 0 bridgehead atoms. The van der Waals surface area contributed by atoms with Crippen LogP contribution in [0.25, 0.3) is 22.4 Å². The van der Waals surface area contributed by atoms with Crippen molar-refractivity contribution < 1.29 is 24.1 Å². The zero-order chi connectivity index (χ0) is 21.4. The quantitative estimate of drug-likeness (QED) is 0.627. The summed E-state index contributed by atoms with van der Waals surface area (Å²) in [4.78, 5) is 13.1. The number of esters is 1. The summed E-state index contributed by atoms with van der Waals surface area (Å²) in [5.74, 6) is 1.11. The normalized spacial score (nSPS) is 12.1. The number of hydrogen-bond acceptors (Lipinski definition) is 5. The molecule has 0 atom stereocenters. The van der Waals surface area contributed by atoms with E-state index in [0.29, 0.717) is 17.1 Å². The van der Waals surface area contributed by atoms with Gasteiger partial charge in [-0.2, -0.15) is 0 Å². The van der Waals surface area contributed by atoms with Gasteiger partial charge in [-0.1, -0.05) is 12.1 Å². The van der Waals surface area contributed by atoms with E-state index in [0.717, 1.165) is 46.6 Å². The molecule has 0 spiro atoms. The zero-order valence-electron chi connectivity index (χ0n) is 17.6. The molecule has 156 valence electrons. The molecule has 1 aliphatic rings. The molecule has 0 fully saturated rings. The van der Waals surface area contributed by atoms with Gasteiger partial charge in [-0.25, -0.2) is 4.79 Å². The average molecular weight is 407 g/mol. The monoisotopic (exact) mass is 407 g/mol. The lowest BCUT2D eigenvalue weighted by molar-refractivity contribution is 0.0528. The minimum atomic E-state index is -0.361. The topological polar surface area (TPSA) is 69.9 Å². The van der Waals surface area contributed by atoms with Crippen LogP contribution < -0.4 is 9.47 Å². The lowest BCUT2D eigenvalue weighted by Crippen LogP contribution is -2.15. The van der Waals surface area contributed by atoms with E-state index in [1.165, 1.54) is 0 Å². The van der Waals surface area contributed by atoms with E-state index in [1.807, 2.05) is 31.2 Å². The van der Waals surface area contributed by atoms with Crippen molar-refractivity contribution in [1.82, 2.24) is 4.57 Å². The smallest absolute Gasteiger partial charge is 0.340 e. The summed E-state index contributed by atoms with van der Waals surface area (Å²) in [6, 6.07) is 10.8. The van der Waals surface area contributed by atoms with Crippen LogP contribution in [0.5, 0.6) is 17.2 Å². The van der Waals surface area contributed by atoms with Gasteiger partial charge in [0, 0.05) is 23.4 Å². The zero-order valence-corrected chi connectivity index (χ0v) is 17.6. The number of phenols is 1. The third kappa shape index (κ3) is 3.09. The molecule has 0 aliphatic carbocycles. The minimum Gasteiger partial charge on any atom is -0.508 e. The van der Waals surface area contributed by atoms with Gasteiger partial charge >= 0.3 is 5.97 Å².